The Morgan fingerprint density at radius 1 is 0.923 bits per heavy atom. The van der Waals surface area contributed by atoms with Crippen molar-refractivity contribution in [2.24, 2.45) is 0 Å². The maximum Gasteiger partial charge on any atom is 0.191 e. The zero-order valence-electron chi connectivity index (χ0n) is 14.2. The fraction of sp³-hybridized carbons (Fsp3) is 0.150. The van der Waals surface area contributed by atoms with Crippen molar-refractivity contribution < 1.29 is 0 Å². The third kappa shape index (κ3) is 4.03. The van der Waals surface area contributed by atoms with Crippen LogP contribution in [0.25, 0.3) is 10.7 Å². The zero-order chi connectivity index (χ0) is 17.6. The van der Waals surface area contributed by atoms with Gasteiger partial charge in [-0.15, -0.1) is 21.5 Å². The number of nitrogens with zero attached hydrogens (tertiary/aromatic N) is 4. The van der Waals surface area contributed by atoms with Gasteiger partial charge in [0.1, 0.15) is 0 Å². The van der Waals surface area contributed by atoms with Gasteiger partial charge in [0.05, 0.1) is 11.4 Å². The van der Waals surface area contributed by atoms with E-state index in [1.807, 2.05) is 24.4 Å². The van der Waals surface area contributed by atoms with Gasteiger partial charge in [-0.2, -0.15) is 0 Å². The molecule has 0 fully saturated rings. The van der Waals surface area contributed by atoms with Crippen molar-refractivity contribution in [3.05, 3.63) is 83.5 Å². The molecule has 0 radical (unpaired) electrons. The number of aryl methyl sites for hydroxylation is 1. The third-order valence-electron chi connectivity index (χ3n) is 3.96. The largest absolute Gasteiger partial charge is 0.297 e. The Kier molecular flexibility index (Phi) is 5.42. The summed E-state index contributed by atoms with van der Waals surface area (Å²) in [7, 11) is 0. The standard InChI is InChI=1S/C20H18N4S2/c1-2-7-16(8-3-1)15-24-19(18-10-6-13-25-18)22-23-20(24)26-14-11-17-9-4-5-12-21-17/h1-10,12-13H,11,14-15H2. The van der Waals surface area contributed by atoms with Crippen LogP contribution in [0.4, 0.5) is 0 Å². The smallest absolute Gasteiger partial charge is 0.191 e. The van der Waals surface area contributed by atoms with E-state index in [-0.39, 0.29) is 0 Å². The van der Waals surface area contributed by atoms with Gasteiger partial charge in [-0.25, -0.2) is 0 Å². The quantitative estimate of drug-likeness (QED) is 0.434. The van der Waals surface area contributed by atoms with E-state index in [0.717, 1.165) is 40.3 Å². The molecule has 6 heteroatoms. The molecule has 0 bridgehead atoms. The second kappa shape index (κ2) is 8.29. The summed E-state index contributed by atoms with van der Waals surface area (Å²) >= 11 is 3.43. The van der Waals surface area contributed by atoms with Gasteiger partial charge < -0.3 is 0 Å². The number of pyridine rings is 1. The second-order valence-corrected chi connectivity index (χ2v) is 7.78. The molecule has 130 valence electrons. The monoisotopic (exact) mass is 378 g/mol. The van der Waals surface area contributed by atoms with E-state index in [4.69, 9.17) is 0 Å². The molecule has 1 aromatic carbocycles. The van der Waals surface area contributed by atoms with E-state index in [1.165, 1.54) is 5.56 Å². The first-order valence-electron chi connectivity index (χ1n) is 8.44. The molecule has 0 spiro atoms. The minimum Gasteiger partial charge on any atom is -0.297 e. The summed E-state index contributed by atoms with van der Waals surface area (Å²) in [6, 6.07) is 20.6. The lowest BCUT2D eigenvalue weighted by molar-refractivity contribution is 0.715. The molecule has 3 aromatic heterocycles. The molecular weight excluding hydrogens is 360 g/mol. The highest BCUT2D eigenvalue weighted by atomic mass is 32.2. The predicted octanol–water partition coefficient (Wildman–Crippen LogP) is 4.78. The number of hydrogen-bond donors (Lipinski definition) is 0. The van der Waals surface area contributed by atoms with Gasteiger partial charge >= 0.3 is 0 Å². The molecule has 0 aliphatic heterocycles. The molecule has 26 heavy (non-hydrogen) atoms. The molecule has 0 N–H and O–H groups in total. The van der Waals surface area contributed by atoms with Gasteiger partial charge in [0.25, 0.3) is 0 Å². The van der Waals surface area contributed by atoms with Crippen LogP contribution in [-0.4, -0.2) is 25.5 Å². The van der Waals surface area contributed by atoms with Gasteiger partial charge in [0, 0.05) is 17.6 Å². The van der Waals surface area contributed by atoms with Gasteiger partial charge in [0.2, 0.25) is 0 Å². The summed E-state index contributed by atoms with van der Waals surface area (Å²) in [6.07, 6.45) is 2.75. The van der Waals surface area contributed by atoms with E-state index >= 15 is 0 Å². The molecule has 0 saturated heterocycles. The number of rotatable bonds is 7. The van der Waals surface area contributed by atoms with E-state index < -0.39 is 0 Å². The van der Waals surface area contributed by atoms with Crippen molar-refractivity contribution in [2.45, 2.75) is 18.1 Å². The first-order chi connectivity index (χ1) is 12.9. The first-order valence-corrected chi connectivity index (χ1v) is 10.3. The SMILES string of the molecule is c1ccc(Cn2c(SCCc3ccccn3)nnc2-c2cccs2)cc1. The highest BCUT2D eigenvalue weighted by Crippen LogP contribution is 2.28. The Morgan fingerprint density at radius 2 is 1.81 bits per heavy atom. The van der Waals surface area contributed by atoms with E-state index in [1.54, 1.807) is 23.1 Å². The van der Waals surface area contributed by atoms with Gasteiger partial charge in [0.15, 0.2) is 11.0 Å². The van der Waals surface area contributed by atoms with Gasteiger partial charge in [-0.1, -0.05) is 54.2 Å². The van der Waals surface area contributed by atoms with E-state index in [9.17, 15) is 0 Å². The van der Waals surface area contributed by atoms with Crippen LogP contribution >= 0.6 is 23.1 Å². The minimum absolute atomic E-state index is 0.771. The van der Waals surface area contributed by atoms with Crippen LogP contribution in [0.5, 0.6) is 0 Å². The Morgan fingerprint density at radius 3 is 2.58 bits per heavy atom. The topological polar surface area (TPSA) is 43.6 Å². The Balaban J connectivity index is 1.55. The van der Waals surface area contributed by atoms with Crippen LogP contribution in [-0.2, 0) is 13.0 Å². The van der Waals surface area contributed by atoms with Crippen molar-refractivity contribution in [1.29, 1.82) is 0 Å². The fourth-order valence-corrected chi connectivity index (χ4v) is 4.30. The van der Waals surface area contributed by atoms with Crippen LogP contribution in [0.1, 0.15) is 11.3 Å². The Bertz CT molecular complexity index is 935. The highest BCUT2D eigenvalue weighted by Gasteiger charge is 2.15. The van der Waals surface area contributed by atoms with Crippen LogP contribution < -0.4 is 0 Å². The number of aromatic nitrogens is 4. The molecule has 0 atom stereocenters. The summed E-state index contributed by atoms with van der Waals surface area (Å²) in [5.41, 5.74) is 2.35. The van der Waals surface area contributed by atoms with Gasteiger partial charge in [-0.05, 0) is 35.6 Å². The number of benzene rings is 1. The number of thioether (sulfide) groups is 1. The normalized spacial score (nSPS) is 10.9. The molecular formula is C20H18N4S2. The van der Waals surface area contributed by atoms with E-state index in [2.05, 4.69) is 67.6 Å². The lowest BCUT2D eigenvalue weighted by Gasteiger charge is -2.09. The summed E-state index contributed by atoms with van der Waals surface area (Å²) in [5.74, 6) is 1.86. The molecule has 0 unspecified atom stereocenters. The van der Waals surface area contributed by atoms with Crippen molar-refractivity contribution >= 4 is 23.1 Å². The molecule has 4 rings (SSSR count). The summed E-state index contributed by atoms with van der Waals surface area (Å²) in [4.78, 5) is 5.53. The minimum atomic E-state index is 0.771. The summed E-state index contributed by atoms with van der Waals surface area (Å²) in [5, 5.41) is 12.0. The van der Waals surface area contributed by atoms with Crippen molar-refractivity contribution in [3.63, 3.8) is 0 Å². The average molecular weight is 379 g/mol. The molecule has 0 aliphatic rings. The maximum absolute atomic E-state index is 4.47. The molecule has 0 amide bonds. The lowest BCUT2D eigenvalue weighted by Crippen LogP contribution is -2.04. The Labute approximate surface area is 161 Å². The van der Waals surface area contributed by atoms with Crippen LogP contribution in [0.3, 0.4) is 0 Å². The number of thiophene rings is 1. The highest BCUT2D eigenvalue weighted by molar-refractivity contribution is 7.99. The van der Waals surface area contributed by atoms with Crippen LogP contribution in [0.15, 0.2) is 77.4 Å². The summed E-state index contributed by atoms with van der Waals surface area (Å²) < 4.78 is 2.21. The van der Waals surface area contributed by atoms with Crippen LogP contribution in [0.2, 0.25) is 0 Å². The van der Waals surface area contributed by atoms with Crippen molar-refractivity contribution in [1.82, 2.24) is 19.7 Å². The van der Waals surface area contributed by atoms with Gasteiger partial charge in [-0.3, -0.25) is 9.55 Å². The predicted molar refractivity (Wildman–Crippen MR) is 108 cm³/mol. The molecule has 0 aliphatic carbocycles. The zero-order valence-corrected chi connectivity index (χ0v) is 15.8. The molecule has 0 saturated carbocycles. The fourth-order valence-electron chi connectivity index (χ4n) is 2.68. The van der Waals surface area contributed by atoms with Crippen molar-refractivity contribution in [2.75, 3.05) is 5.75 Å². The van der Waals surface area contributed by atoms with E-state index in [0.29, 0.717) is 0 Å². The second-order valence-electron chi connectivity index (χ2n) is 5.77. The first kappa shape index (κ1) is 17.0. The van der Waals surface area contributed by atoms with Crippen LogP contribution in [0, 0.1) is 0 Å². The van der Waals surface area contributed by atoms with Crippen molar-refractivity contribution in [3.8, 4) is 10.7 Å². The average Bonchev–Trinajstić information content (AvgIpc) is 3.34. The third-order valence-corrected chi connectivity index (χ3v) is 5.79. The Hall–Kier alpha value is -2.44. The summed E-state index contributed by atoms with van der Waals surface area (Å²) in [6.45, 7) is 0.771. The molecule has 4 aromatic rings. The number of hydrogen-bond acceptors (Lipinski definition) is 5. The molecule has 3 heterocycles. The molecule has 4 nitrogen and oxygen atoms in total. The maximum atomic E-state index is 4.47. The lowest BCUT2D eigenvalue weighted by atomic mass is 10.2.